The molecular weight excluding hydrogens is 305 g/mol. The number of nitrogens with zero attached hydrogens (tertiary/aromatic N) is 1. The van der Waals surface area contributed by atoms with E-state index < -0.39 is 5.97 Å². The maximum atomic E-state index is 10.7. The van der Waals surface area contributed by atoms with E-state index in [1.807, 2.05) is 25.1 Å². The lowest BCUT2D eigenvalue weighted by atomic mass is 9.95. The molecule has 92 valence electrons. The van der Waals surface area contributed by atoms with Crippen LogP contribution < -0.4 is 0 Å². The number of hydrogen-bond donors (Lipinski definition) is 1. The Morgan fingerprint density at radius 3 is 2.76 bits per heavy atom. The lowest BCUT2D eigenvalue weighted by Gasteiger charge is -2.41. The Hall–Kier alpha value is -0.580. The van der Waals surface area contributed by atoms with Gasteiger partial charge in [0.25, 0.3) is 0 Å². The minimum absolute atomic E-state index is 0.159. The predicted octanol–water partition coefficient (Wildman–Crippen LogP) is 3.18. The molecule has 5 heteroatoms. The van der Waals surface area contributed by atoms with Crippen LogP contribution in [0.1, 0.15) is 18.5 Å². The molecule has 2 rings (SSSR count). The minimum atomic E-state index is -0.713. The van der Waals surface area contributed by atoms with Crippen molar-refractivity contribution in [3.63, 3.8) is 0 Å². The number of carboxylic acids is 1. The standard InChI is InChI=1S/C12H13BrClNO2/c1-7(15-5-8(6-15)12(16)17)10-3-2-9(13)4-11(10)14/h2-4,7-8H,5-6H2,1H3,(H,16,17). The molecule has 1 aliphatic rings. The van der Waals surface area contributed by atoms with Gasteiger partial charge in [-0.1, -0.05) is 33.6 Å². The average Bonchev–Trinajstić information content (AvgIpc) is 2.13. The van der Waals surface area contributed by atoms with E-state index in [0.29, 0.717) is 18.1 Å². The smallest absolute Gasteiger partial charge is 0.309 e. The van der Waals surface area contributed by atoms with Gasteiger partial charge in [0.15, 0.2) is 0 Å². The Balaban J connectivity index is 2.06. The zero-order valence-corrected chi connectivity index (χ0v) is 11.7. The second-order valence-corrected chi connectivity index (χ2v) is 5.65. The summed E-state index contributed by atoms with van der Waals surface area (Å²) in [6, 6.07) is 5.95. The summed E-state index contributed by atoms with van der Waals surface area (Å²) in [6.07, 6.45) is 0. The third kappa shape index (κ3) is 2.64. The van der Waals surface area contributed by atoms with E-state index in [1.165, 1.54) is 0 Å². The van der Waals surface area contributed by atoms with Gasteiger partial charge in [-0.15, -0.1) is 0 Å². The summed E-state index contributed by atoms with van der Waals surface area (Å²) in [5.74, 6) is -0.943. The summed E-state index contributed by atoms with van der Waals surface area (Å²) in [6.45, 7) is 3.25. The number of hydrogen-bond acceptors (Lipinski definition) is 2. The zero-order chi connectivity index (χ0) is 12.6. The summed E-state index contributed by atoms with van der Waals surface area (Å²) in [4.78, 5) is 12.9. The Morgan fingerprint density at radius 1 is 1.59 bits per heavy atom. The molecule has 0 amide bonds. The molecule has 1 unspecified atom stereocenters. The zero-order valence-electron chi connectivity index (χ0n) is 9.36. The third-order valence-corrected chi connectivity index (χ3v) is 4.04. The van der Waals surface area contributed by atoms with Gasteiger partial charge in [-0.05, 0) is 24.6 Å². The third-order valence-electron chi connectivity index (χ3n) is 3.22. The number of halogens is 2. The van der Waals surface area contributed by atoms with Crippen LogP contribution in [-0.4, -0.2) is 29.1 Å². The van der Waals surface area contributed by atoms with Gasteiger partial charge in [0.1, 0.15) is 0 Å². The maximum Gasteiger partial charge on any atom is 0.309 e. The molecule has 1 atom stereocenters. The maximum absolute atomic E-state index is 10.7. The molecule has 1 aromatic carbocycles. The summed E-state index contributed by atoms with van der Waals surface area (Å²) in [7, 11) is 0. The van der Waals surface area contributed by atoms with E-state index in [4.69, 9.17) is 16.7 Å². The van der Waals surface area contributed by atoms with Crippen LogP contribution in [0.2, 0.25) is 5.02 Å². The van der Waals surface area contributed by atoms with Crippen LogP contribution in [0.25, 0.3) is 0 Å². The van der Waals surface area contributed by atoms with Crippen molar-refractivity contribution in [2.24, 2.45) is 5.92 Å². The van der Waals surface area contributed by atoms with Crippen LogP contribution in [0.15, 0.2) is 22.7 Å². The van der Waals surface area contributed by atoms with Gasteiger partial charge in [0.05, 0.1) is 5.92 Å². The van der Waals surface area contributed by atoms with E-state index in [0.717, 1.165) is 10.0 Å². The van der Waals surface area contributed by atoms with Gasteiger partial charge in [-0.2, -0.15) is 0 Å². The Morgan fingerprint density at radius 2 is 2.24 bits per heavy atom. The van der Waals surface area contributed by atoms with Crippen LogP contribution in [-0.2, 0) is 4.79 Å². The first-order valence-electron chi connectivity index (χ1n) is 5.41. The molecule has 0 saturated carbocycles. The number of aliphatic carboxylic acids is 1. The highest BCUT2D eigenvalue weighted by molar-refractivity contribution is 9.10. The van der Waals surface area contributed by atoms with Crippen molar-refractivity contribution in [3.05, 3.63) is 33.3 Å². The number of rotatable bonds is 3. The van der Waals surface area contributed by atoms with Crippen LogP contribution >= 0.6 is 27.5 Å². The van der Waals surface area contributed by atoms with Crippen LogP contribution in [0.5, 0.6) is 0 Å². The highest BCUT2D eigenvalue weighted by atomic mass is 79.9. The monoisotopic (exact) mass is 317 g/mol. The van der Waals surface area contributed by atoms with Gasteiger partial charge >= 0.3 is 5.97 Å². The molecule has 1 heterocycles. The van der Waals surface area contributed by atoms with E-state index in [9.17, 15) is 4.79 Å². The fraction of sp³-hybridized carbons (Fsp3) is 0.417. The summed E-state index contributed by atoms with van der Waals surface area (Å²) >= 11 is 9.54. The Kier molecular flexibility index (Phi) is 3.76. The summed E-state index contributed by atoms with van der Waals surface area (Å²) < 4.78 is 0.950. The molecular formula is C12H13BrClNO2. The second kappa shape index (κ2) is 4.96. The first-order valence-corrected chi connectivity index (χ1v) is 6.58. The summed E-state index contributed by atoms with van der Waals surface area (Å²) in [5.41, 5.74) is 1.04. The van der Waals surface area contributed by atoms with Gasteiger partial charge in [-0.25, -0.2) is 0 Å². The first-order chi connectivity index (χ1) is 7.99. The second-order valence-electron chi connectivity index (χ2n) is 4.33. The van der Waals surface area contributed by atoms with Gasteiger partial charge in [0, 0.05) is 28.6 Å². The van der Waals surface area contributed by atoms with Gasteiger partial charge in [0.2, 0.25) is 0 Å². The lowest BCUT2D eigenvalue weighted by Crippen LogP contribution is -2.51. The SMILES string of the molecule is CC(c1ccc(Br)cc1Cl)N1CC(C(=O)O)C1. The quantitative estimate of drug-likeness (QED) is 0.930. The molecule has 1 N–H and O–H groups in total. The van der Waals surface area contributed by atoms with Crippen LogP contribution in [0.4, 0.5) is 0 Å². The topological polar surface area (TPSA) is 40.5 Å². The first kappa shape index (κ1) is 12.9. The van der Waals surface area contributed by atoms with E-state index >= 15 is 0 Å². The molecule has 1 saturated heterocycles. The fourth-order valence-electron chi connectivity index (χ4n) is 2.02. The van der Waals surface area contributed by atoms with E-state index in [1.54, 1.807) is 0 Å². The number of benzene rings is 1. The average molecular weight is 319 g/mol. The highest BCUT2D eigenvalue weighted by Gasteiger charge is 2.35. The van der Waals surface area contributed by atoms with Crippen molar-refractivity contribution in [1.29, 1.82) is 0 Å². The van der Waals surface area contributed by atoms with Crippen LogP contribution in [0, 0.1) is 5.92 Å². The molecule has 1 aliphatic heterocycles. The predicted molar refractivity (Wildman–Crippen MR) is 70.3 cm³/mol. The summed E-state index contributed by atoms with van der Waals surface area (Å²) in [5, 5.41) is 9.55. The molecule has 0 bridgehead atoms. The van der Waals surface area contributed by atoms with Crippen molar-refractivity contribution in [2.45, 2.75) is 13.0 Å². The largest absolute Gasteiger partial charge is 0.481 e. The highest BCUT2D eigenvalue weighted by Crippen LogP contribution is 2.33. The molecule has 0 aromatic heterocycles. The molecule has 0 radical (unpaired) electrons. The molecule has 0 aliphatic carbocycles. The van der Waals surface area contributed by atoms with E-state index in [-0.39, 0.29) is 12.0 Å². The molecule has 17 heavy (non-hydrogen) atoms. The van der Waals surface area contributed by atoms with Crippen molar-refractivity contribution < 1.29 is 9.90 Å². The van der Waals surface area contributed by atoms with Crippen molar-refractivity contribution in [2.75, 3.05) is 13.1 Å². The van der Waals surface area contributed by atoms with Gasteiger partial charge in [-0.3, -0.25) is 9.69 Å². The van der Waals surface area contributed by atoms with Crippen molar-refractivity contribution >= 4 is 33.5 Å². The fourth-order valence-corrected chi connectivity index (χ4v) is 2.85. The number of carbonyl (C=O) groups is 1. The molecule has 3 nitrogen and oxygen atoms in total. The minimum Gasteiger partial charge on any atom is -0.481 e. The van der Waals surface area contributed by atoms with Crippen molar-refractivity contribution in [3.8, 4) is 0 Å². The lowest BCUT2D eigenvalue weighted by molar-refractivity contribution is -0.148. The number of likely N-dealkylation sites (tertiary alicyclic amines) is 1. The molecule has 1 aromatic rings. The van der Waals surface area contributed by atoms with Gasteiger partial charge < -0.3 is 5.11 Å². The van der Waals surface area contributed by atoms with E-state index in [2.05, 4.69) is 20.8 Å². The molecule has 1 fully saturated rings. The normalized spacial score (nSPS) is 18.8. The Labute approximate surface area is 114 Å². The molecule has 0 spiro atoms. The number of carboxylic acid groups (broad SMARTS) is 1. The Bertz CT molecular complexity index is 446. The van der Waals surface area contributed by atoms with Crippen LogP contribution in [0.3, 0.4) is 0 Å². The van der Waals surface area contributed by atoms with Crippen molar-refractivity contribution in [1.82, 2.24) is 4.90 Å².